The first-order valence-electron chi connectivity index (χ1n) is 5.05. The zero-order valence-corrected chi connectivity index (χ0v) is 9.09. The molecule has 4 heteroatoms. The number of hydrogen-bond acceptors (Lipinski definition) is 2. The molecule has 14 heavy (non-hydrogen) atoms. The Kier molecular flexibility index (Phi) is 2.54. The summed E-state index contributed by atoms with van der Waals surface area (Å²) in [5.74, 6) is 0. The van der Waals surface area contributed by atoms with Crippen molar-refractivity contribution >= 4 is 11.6 Å². The molecule has 0 aromatic carbocycles. The molecule has 0 aliphatic heterocycles. The first-order valence-corrected chi connectivity index (χ1v) is 5.43. The molecule has 0 amide bonds. The van der Waals surface area contributed by atoms with Crippen LogP contribution >= 0.6 is 11.6 Å². The molecule has 1 aromatic rings. The van der Waals surface area contributed by atoms with Crippen LogP contribution in [0.1, 0.15) is 31.9 Å². The van der Waals surface area contributed by atoms with E-state index < -0.39 is 0 Å². The minimum absolute atomic E-state index is 0.108. The van der Waals surface area contributed by atoms with Gasteiger partial charge in [-0.2, -0.15) is 0 Å². The number of aromatic nitrogens is 2. The van der Waals surface area contributed by atoms with Gasteiger partial charge in [0.15, 0.2) is 5.15 Å². The number of imidazole rings is 1. The van der Waals surface area contributed by atoms with Crippen molar-refractivity contribution in [2.24, 2.45) is 0 Å². The molecule has 0 saturated heterocycles. The molecule has 1 heterocycles. The number of halogens is 1. The highest BCUT2D eigenvalue weighted by Gasteiger charge is 2.42. The maximum Gasteiger partial charge on any atom is 0.150 e. The maximum absolute atomic E-state index is 9.45. The molecule has 1 N–H and O–H groups in total. The van der Waals surface area contributed by atoms with Crippen molar-refractivity contribution in [3.05, 3.63) is 17.2 Å². The van der Waals surface area contributed by atoms with E-state index in [0.29, 0.717) is 5.15 Å². The summed E-state index contributed by atoms with van der Waals surface area (Å²) in [5.41, 5.74) is 0.916. The Morgan fingerprint density at radius 2 is 2.36 bits per heavy atom. The van der Waals surface area contributed by atoms with Crippen LogP contribution in [0.5, 0.6) is 0 Å². The molecular weight excluding hydrogens is 200 g/mol. The number of hydrogen-bond donors (Lipinski definition) is 1. The lowest BCUT2D eigenvalue weighted by atomic mass is 9.67. The molecule has 0 atom stereocenters. The van der Waals surface area contributed by atoms with Crippen molar-refractivity contribution in [3.63, 3.8) is 0 Å². The quantitative estimate of drug-likeness (QED) is 0.836. The molecule has 1 aromatic heterocycles. The smallest absolute Gasteiger partial charge is 0.150 e. The summed E-state index contributed by atoms with van der Waals surface area (Å²) in [6.07, 6.45) is 4.98. The van der Waals surface area contributed by atoms with E-state index in [1.165, 1.54) is 6.42 Å². The summed E-state index contributed by atoms with van der Waals surface area (Å²) < 4.78 is 2.04. The molecule has 1 saturated carbocycles. The lowest BCUT2D eigenvalue weighted by Crippen LogP contribution is -2.40. The van der Waals surface area contributed by atoms with Crippen LogP contribution < -0.4 is 0 Å². The monoisotopic (exact) mass is 214 g/mol. The Labute approximate surface area is 88.7 Å². The predicted molar refractivity (Wildman–Crippen MR) is 55.5 cm³/mol. The summed E-state index contributed by atoms with van der Waals surface area (Å²) in [6, 6.07) is 0. The second kappa shape index (κ2) is 3.55. The lowest BCUT2D eigenvalue weighted by Gasteiger charge is -2.40. The van der Waals surface area contributed by atoms with Crippen LogP contribution in [-0.2, 0) is 12.0 Å². The van der Waals surface area contributed by atoms with Gasteiger partial charge in [-0.3, -0.25) is 0 Å². The highest BCUT2D eigenvalue weighted by Crippen LogP contribution is 2.45. The van der Waals surface area contributed by atoms with Crippen molar-refractivity contribution in [2.45, 2.75) is 38.1 Å². The molecule has 0 bridgehead atoms. The third-order valence-corrected chi connectivity index (χ3v) is 3.53. The van der Waals surface area contributed by atoms with Gasteiger partial charge in [-0.1, -0.05) is 18.0 Å². The van der Waals surface area contributed by atoms with E-state index in [-0.39, 0.29) is 12.0 Å². The van der Waals surface area contributed by atoms with Crippen LogP contribution in [-0.4, -0.2) is 21.3 Å². The van der Waals surface area contributed by atoms with Gasteiger partial charge in [-0.15, -0.1) is 0 Å². The largest absolute Gasteiger partial charge is 0.395 e. The molecule has 2 rings (SSSR count). The van der Waals surface area contributed by atoms with Gasteiger partial charge in [0.2, 0.25) is 0 Å². The van der Waals surface area contributed by atoms with Crippen LogP contribution in [0.2, 0.25) is 5.15 Å². The van der Waals surface area contributed by atoms with Gasteiger partial charge in [0.1, 0.15) is 0 Å². The fourth-order valence-electron chi connectivity index (χ4n) is 2.19. The van der Waals surface area contributed by atoms with Crippen LogP contribution in [0, 0.1) is 0 Å². The molecule has 1 aliphatic carbocycles. The average Bonchev–Trinajstić information content (AvgIpc) is 2.48. The molecule has 0 unspecified atom stereocenters. The van der Waals surface area contributed by atoms with Crippen LogP contribution in [0.15, 0.2) is 6.33 Å². The Balaban J connectivity index is 2.42. The first-order chi connectivity index (χ1) is 6.73. The fraction of sp³-hybridized carbons (Fsp3) is 0.700. The number of nitrogens with zero attached hydrogens (tertiary/aromatic N) is 2. The van der Waals surface area contributed by atoms with Crippen molar-refractivity contribution in [3.8, 4) is 0 Å². The predicted octanol–water partition coefficient (Wildman–Crippen LogP) is 1.97. The van der Waals surface area contributed by atoms with Crippen LogP contribution in [0.25, 0.3) is 0 Å². The van der Waals surface area contributed by atoms with Crippen LogP contribution in [0.3, 0.4) is 0 Å². The van der Waals surface area contributed by atoms with E-state index >= 15 is 0 Å². The van der Waals surface area contributed by atoms with E-state index in [0.717, 1.165) is 25.1 Å². The average molecular weight is 215 g/mol. The Morgan fingerprint density at radius 1 is 1.64 bits per heavy atom. The second-order valence-electron chi connectivity index (χ2n) is 3.96. The van der Waals surface area contributed by atoms with Gasteiger partial charge in [-0.05, 0) is 19.8 Å². The zero-order valence-electron chi connectivity index (χ0n) is 8.33. The van der Waals surface area contributed by atoms with E-state index in [9.17, 15) is 5.11 Å². The standard InChI is InChI=1S/C10H15ClN2O/c1-2-13-7-12-9(11)8(13)10(6-14)4-3-5-10/h7,14H,2-6H2,1H3. The minimum atomic E-state index is -0.108. The number of aryl methyl sites for hydroxylation is 1. The molecule has 0 spiro atoms. The normalized spacial score (nSPS) is 19.4. The topological polar surface area (TPSA) is 38.0 Å². The Morgan fingerprint density at radius 3 is 2.79 bits per heavy atom. The van der Waals surface area contributed by atoms with Crippen molar-refractivity contribution < 1.29 is 5.11 Å². The highest BCUT2D eigenvalue weighted by molar-refractivity contribution is 6.30. The third-order valence-electron chi connectivity index (χ3n) is 3.25. The minimum Gasteiger partial charge on any atom is -0.395 e. The summed E-state index contributed by atoms with van der Waals surface area (Å²) in [5, 5.41) is 10.0. The summed E-state index contributed by atoms with van der Waals surface area (Å²) >= 11 is 6.06. The molecule has 3 nitrogen and oxygen atoms in total. The Bertz CT molecular complexity index is 325. The SMILES string of the molecule is CCn1cnc(Cl)c1C1(CO)CCC1. The number of aliphatic hydroxyl groups is 1. The molecular formula is C10H15ClN2O. The van der Waals surface area contributed by atoms with E-state index in [1.54, 1.807) is 6.33 Å². The number of aliphatic hydroxyl groups excluding tert-OH is 1. The Hall–Kier alpha value is -0.540. The molecule has 1 aliphatic rings. The van der Waals surface area contributed by atoms with Crippen LogP contribution in [0.4, 0.5) is 0 Å². The molecule has 1 fully saturated rings. The second-order valence-corrected chi connectivity index (χ2v) is 4.32. The summed E-state index contributed by atoms with van der Waals surface area (Å²) in [6.45, 7) is 3.10. The summed E-state index contributed by atoms with van der Waals surface area (Å²) in [7, 11) is 0. The van der Waals surface area contributed by atoms with Gasteiger partial charge >= 0.3 is 0 Å². The lowest BCUT2D eigenvalue weighted by molar-refractivity contribution is 0.113. The number of rotatable bonds is 3. The van der Waals surface area contributed by atoms with E-state index in [1.807, 2.05) is 4.57 Å². The fourth-order valence-corrected chi connectivity index (χ4v) is 2.55. The third kappa shape index (κ3) is 1.27. The van der Waals surface area contributed by atoms with Crippen molar-refractivity contribution in [1.29, 1.82) is 0 Å². The summed E-state index contributed by atoms with van der Waals surface area (Å²) in [4.78, 5) is 4.10. The van der Waals surface area contributed by atoms with Gasteiger partial charge in [0, 0.05) is 12.0 Å². The van der Waals surface area contributed by atoms with Gasteiger partial charge in [0.05, 0.1) is 18.6 Å². The molecule has 0 radical (unpaired) electrons. The highest BCUT2D eigenvalue weighted by atomic mass is 35.5. The molecule has 78 valence electrons. The van der Waals surface area contributed by atoms with E-state index in [4.69, 9.17) is 11.6 Å². The van der Waals surface area contributed by atoms with Crippen molar-refractivity contribution in [1.82, 2.24) is 9.55 Å². The van der Waals surface area contributed by atoms with E-state index in [2.05, 4.69) is 11.9 Å². The van der Waals surface area contributed by atoms with Gasteiger partial charge in [-0.25, -0.2) is 4.98 Å². The maximum atomic E-state index is 9.45. The first kappa shape index (κ1) is 9.99. The van der Waals surface area contributed by atoms with Gasteiger partial charge < -0.3 is 9.67 Å². The van der Waals surface area contributed by atoms with Gasteiger partial charge in [0.25, 0.3) is 0 Å². The zero-order chi connectivity index (χ0) is 10.2. The van der Waals surface area contributed by atoms with Crippen molar-refractivity contribution in [2.75, 3.05) is 6.61 Å².